The van der Waals surface area contributed by atoms with Gasteiger partial charge in [-0.25, -0.2) is 12.8 Å². The molecule has 1 heterocycles. The summed E-state index contributed by atoms with van der Waals surface area (Å²) in [7, 11) is -1.71. The Hall–Kier alpha value is -3.11. The molecule has 10 heteroatoms. The first-order chi connectivity index (χ1) is 18.6. The number of aryl methyl sites for hydroxylation is 1. The van der Waals surface area contributed by atoms with Gasteiger partial charge in [-0.05, 0) is 67.6 Å². The molecule has 3 rings (SSSR count). The highest BCUT2D eigenvalue weighted by atomic mass is 32.2. The third kappa shape index (κ3) is 7.14. The van der Waals surface area contributed by atoms with Gasteiger partial charge in [-0.2, -0.15) is 0 Å². The first-order valence-corrected chi connectivity index (χ1v) is 16.0. The third-order valence-corrected chi connectivity index (χ3v) is 10.6. The normalized spacial score (nSPS) is 13.6. The van der Waals surface area contributed by atoms with E-state index in [4.69, 9.17) is 4.74 Å². The summed E-state index contributed by atoms with van der Waals surface area (Å²) in [6.07, 6.45) is 1.61. The predicted molar refractivity (Wildman–Crippen MR) is 158 cm³/mol. The minimum absolute atomic E-state index is 0.0425. The molecule has 0 aliphatic carbocycles. The van der Waals surface area contributed by atoms with Crippen LogP contribution in [0.2, 0.25) is 0 Å². The number of aromatic nitrogens is 1. The second-order valence-corrected chi connectivity index (χ2v) is 15.5. The van der Waals surface area contributed by atoms with E-state index in [9.17, 15) is 26.6 Å². The van der Waals surface area contributed by atoms with Crippen LogP contribution in [0.3, 0.4) is 0 Å². The fourth-order valence-electron chi connectivity index (χ4n) is 4.26. The number of nitrogens with zero attached hydrogens (tertiary/aromatic N) is 1. The molecular weight excluding hydrogens is 553 g/mol. The van der Waals surface area contributed by atoms with Crippen molar-refractivity contribution in [2.45, 2.75) is 51.0 Å². The lowest BCUT2D eigenvalue weighted by molar-refractivity contribution is 0.103. The molecular formula is C30H36FNO6S2. The second-order valence-electron chi connectivity index (χ2n) is 10.9. The lowest BCUT2D eigenvalue weighted by Crippen LogP contribution is -2.27. The molecule has 0 unspecified atom stereocenters. The number of halogens is 1. The molecule has 0 N–H and O–H groups in total. The maximum atomic E-state index is 14.1. The Morgan fingerprint density at radius 1 is 1.10 bits per heavy atom. The fraction of sp³-hybridized carbons (Fsp3) is 0.400. The molecule has 2 aromatic carbocycles. The molecule has 0 aliphatic rings. The van der Waals surface area contributed by atoms with Gasteiger partial charge in [-0.3, -0.25) is 13.8 Å². The van der Waals surface area contributed by atoms with Gasteiger partial charge in [0.05, 0.1) is 12.9 Å². The van der Waals surface area contributed by atoms with Crippen molar-refractivity contribution in [3.05, 3.63) is 87.1 Å². The smallest absolute Gasteiger partial charge is 0.250 e. The summed E-state index contributed by atoms with van der Waals surface area (Å²) in [4.78, 5) is 26.5. The Bertz CT molecular complexity index is 1620. The second kappa shape index (κ2) is 12.2. The number of ether oxygens (including phenoxy) is 1. The van der Waals surface area contributed by atoms with Crippen LogP contribution in [0.5, 0.6) is 5.75 Å². The van der Waals surface area contributed by atoms with E-state index in [1.165, 1.54) is 29.9 Å². The molecule has 0 saturated heterocycles. The fourth-order valence-corrected chi connectivity index (χ4v) is 6.28. The Labute approximate surface area is 237 Å². The van der Waals surface area contributed by atoms with Crippen LogP contribution in [-0.4, -0.2) is 46.3 Å². The highest BCUT2D eigenvalue weighted by Crippen LogP contribution is 2.35. The first kappa shape index (κ1) is 31.4. The molecule has 0 fully saturated rings. The Kier molecular flexibility index (Phi) is 9.57. The molecule has 0 saturated carbocycles. The van der Waals surface area contributed by atoms with Crippen molar-refractivity contribution in [3.8, 4) is 16.9 Å². The van der Waals surface area contributed by atoms with E-state index in [1.54, 1.807) is 38.4 Å². The van der Waals surface area contributed by atoms with E-state index in [0.29, 0.717) is 22.3 Å². The van der Waals surface area contributed by atoms with E-state index in [2.05, 4.69) is 0 Å². The number of pyridine rings is 1. The van der Waals surface area contributed by atoms with Crippen molar-refractivity contribution in [1.82, 2.24) is 4.57 Å². The van der Waals surface area contributed by atoms with Crippen molar-refractivity contribution >= 4 is 26.4 Å². The molecule has 0 aliphatic heterocycles. The number of rotatable bonds is 10. The highest BCUT2D eigenvalue weighted by Gasteiger charge is 2.26. The van der Waals surface area contributed by atoms with E-state index >= 15 is 0 Å². The topological polar surface area (TPSA) is 99.5 Å². The number of carbonyl (C=O) groups is 1. The molecule has 1 aromatic heterocycles. The van der Waals surface area contributed by atoms with Gasteiger partial charge in [0.1, 0.15) is 0 Å². The zero-order valence-corrected chi connectivity index (χ0v) is 25.5. The van der Waals surface area contributed by atoms with Crippen LogP contribution >= 0.6 is 0 Å². The highest BCUT2D eigenvalue weighted by molar-refractivity contribution is 7.90. The van der Waals surface area contributed by atoms with Crippen LogP contribution in [0.4, 0.5) is 4.39 Å². The number of hydrogen-bond acceptors (Lipinski definition) is 6. The van der Waals surface area contributed by atoms with E-state index in [0.717, 1.165) is 6.07 Å². The monoisotopic (exact) mass is 589 g/mol. The summed E-state index contributed by atoms with van der Waals surface area (Å²) >= 11 is 0. The van der Waals surface area contributed by atoms with Crippen molar-refractivity contribution < 1.29 is 26.5 Å². The van der Waals surface area contributed by atoms with Crippen LogP contribution in [-0.2, 0) is 33.4 Å². The van der Waals surface area contributed by atoms with Crippen LogP contribution in [0, 0.1) is 5.82 Å². The maximum absolute atomic E-state index is 14.1. The number of methoxy groups -OCH3 is 1. The molecule has 216 valence electrons. The van der Waals surface area contributed by atoms with Gasteiger partial charge in [0, 0.05) is 63.1 Å². The van der Waals surface area contributed by atoms with Gasteiger partial charge in [-0.1, -0.05) is 26.0 Å². The van der Waals surface area contributed by atoms with Gasteiger partial charge in [0.25, 0.3) is 5.56 Å². The van der Waals surface area contributed by atoms with Crippen LogP contribution < -0.4 is 10.3 Å². The minimum Gasteiger partial charge on any atom is -0.494 e. The van der Waals surface area contributed by atoms with E-state index in [1.807, 2.05) is 27.7 Å². The van der Waals surface area contributed by atoms with Crippen molar-refractivity contribution in [2.75, 3.05) is 18.6 Å². The van der Waals surface area contributed by atoms with Gasteiger partial charge in [0.15, 0.2) is 27.2 Å². The number of ketones is 1. The van der Waals surface area contributed by atoms with E-state index < -0.39 is 37.0 Å². The van der Waals surface area contributed by atoms with Gasteiger partial charge >= 0.3 is 0 Å². The molecule has 0 bridgehead atoms. The number of sulfone groups is 1. The largest absolute Gasteiger partial charge is 0.494 e. The lowest BCUT2D eigenvalue weighted by atomic mass is 9.88. The predicted octanol–water partition coefficient (Wildman–Crippen LogP) is 5.02. The summed E-state index contributed by atoms with van der Waals surface area (Å²) in [5.74, 6) is -1.42. The van der Waals surface area contributed by atoms with Crippen LogP contribution in [0.1, 0.15) is 67.6 Å². The average molecular weight is 590 g/mol. The van der Waals surface area contributed by atoms with Crippen LogP contribution in [0.25, 0.3) is 11.1 Å². The Morgan fingerprint density at radius 3 is 2.38 bits per heavy atom. The first-order valence-electron chi connectivity index (χ1n) is 12.9. The summed E-state index contributed by atoms with van der Waals surface area (Å²) in [6.45, 7) is 9.09. The molecule has 40 heavy (non-hydrogen) atoms. The van der Waals surface area contributed by atoms with Gasteiger partial charge in [-0.15, -0.1) is 0 Å². The Morgan fingerprint density at radius 2 is 1.77 bits per heavy atom. The number of benzene rings is 2. The quantitative estimate of drug-likeness (QED) is 0.308. The molecule has 3 aromatic rings. The van der Waals surface area contributed by atoms with Crippen molar-refractivity contribution in [2.24, 2.45) is 7.05 Å². The standard InChI is InChI=1S/C30H36FNO6S2/c1-8-40(36,37)18-20-9-11-22(29(34)21-10-12-26(31)27(14-21)38-7)24(13-20)25-16-32(6)28(33)15-23(25)19(2)17-39(35)30(3,4)5/h9-16,19H,8,17-18H2,1-7H3/t19-,39-/m1/s1. The molecule has 0 radical (unpaired) electrons. The van der Waals surface area contributed by atoms with Crippen molar-refractivity contribution in [1.29, 1.82) is 0 Å². The zero-order chi connectivity index (χ0) is 30.0. The number of hydrogen-bond donors (Lipinski definition) is 0. The van der Waals surface area contributed by atoms with Crippen molar-refractivity contribution in [3.63, 3.8) is 0 Å². The average Bonchev–Trinajstić information content (AvgIpc) is 2.89. The summed E-state index contributed by atoms with van der Waals surface area (Å²) in [6, 6.07) is 10.1. The van der Waals surface area contributed by atoms with Gasteiger partial charge in [0.2, 0.25) is 0 Å². The zero-order valence-electron chi connectivity index (χ0n) is 23.9. The van der Waals surface area contributed by atoms with Gasteiger partial charge < -0.3 is 9.30 Å². The molecule has 7 nitrogen and oxygen atoms in total. The van der Waals surface area contributed by atoms with E-state index in [-0.39, 0.29) is 45.6 Å². The Balaban J connectivity index is 2.29. The number of carbonyl (C=O) groups excluding carboxylic acids is 1. The summed E-state index contributed by atoms with van der Waals surface area (Å²) in [5.41, 5.74) is 2.22. The molecule has 0 spiro atoms. The van der Waals surface area contributed by atoms with Crippen LogP contribution in [0.15, 0.2) is 53.5 Å². The third-order valence-electron chi connectivity index (χ3n) is 6.73. The molecule has 0 amide bonds. The maximum Gasteiger partial charge on any atom is 0.250 e. The molecule has 2 atom stereocenters. The SMILES string of the molecule is CCS(=O)(=O)Cc1ccc(C(=O)c2ccc(F)c(OC)c2)c(-c2cn(C)c(=O)cc2[C@H](C)C[S@@](=O)C(C)(C)C)c1. The lowest BCUT2D eigenvalue weighted by Gasteiger charge is -2.23. The minimum atomic E-state index is -3.38. The summed E-state index contributed by atoms with van der Waals surface area (Å²) < 4.78 is 58.0. The summed E-state index contributed by atoms with van der Waals surface area (Å²) in [5, 5.41) is 0.